The number of halogens is 4. The number of carbonyl (C=O) groups is 1. The van der Waals surface area contributed by atoms with E-state index in [2.05, 4.69) is 11.7 Å². The summed E-state index contributed by atoms with van der Waals surface area (Å²) in [6.45, 7) is 5.00. The largest absolute Gasteiger partial charge is 0.544 e. The average molecular weight is 270 g/mol. The topological polar surface area (TPSA) is 49.4 Å². The van der Waals surface area contributed by atoms with Crippen LogP contribution in [0.1, 0.15) is 6.92 Å². The summed E-state index contributed by atoms with van der Waals surface area (Å²) >= 11 is 0. The predicted molar refractivity (Wildman–Crippen MR) is 32.9 cm³/mol. The monoisotopic (exact) mass is 268 g/mol. The van der Waals surface area contributed by atoms with Gasteiger partial charge in [0.1, 0.15) is 5.97 Å². The Bertz CT molecular complexity index is 173. The number of ether oxygens (including phenoxy) is 1. The molecule has 1 atom stereocenters. The summed E-state index contributed by atoms with van der Waals surface area (Å²) < 4.78 is 49.6. The number of hydrogen-bond acceptors (Lipinski definition) is 3. The summed E-state index contributed by atoms with van der Waals surface area (Å²) in [7, 11) is 0.281. The van der Waals surface area contributed by atoms with Crippen LogP contribution in [0.2, 0.25) is 0 Å². The maximum Gasteiger partial charge on any atom is 0.454 e. The van der Waals surface area contributed by atoms with Gasteiger partial charge in [-0.05, 0) is 0 Å². The van der Waals surface area contributed by atoms with Gasteiger partial charge in [-0.25, -0.2) is 0 Å². The Hall–Kier alpha value is -0.227. The van der Waals surface area contributed by atoms with Gasteiger partial charge in [0.15, 0.2) is 0 Å². The van der Waals surface area contributed by atoms with Crippen molar-refractivity contribution in [3.8, 4) is 0 Å². The van der Waals surface area contributed by atoms with E-state index in [1.54, 1.807) is 6.92 Å². The minimum Gasteiger partial charge on any atom is -0.544 e. The van der Waals surface area contributed by atoms with Crippen LogP contribution in [0, 0.1) is 6.92 Å². The van der Waals surface area contributed by atoms with Crippen LogP contribution in [0.4, 0.5) is 17.6 Å². The third-order valence-corrected chi connectivity index (χ3v) is 0.908. The Morgan fingerprint density at radius 2 is 1.57 bits per heavy atom. The minimum absolute atomic E-state index is 0. The standard InChI is InChI=1S/C4H4F4O3.C2H5.Zn/c1-11-3(5,2(9)10)4(6,7)8;1-2;/h1H3,(H,9,10);1H2,2H3;/p-1. The molecule has 0 saturated heterocycles. The van der Waals surface area contributed by atoms with Crippen LogP contribution in [-0.4, -0.2) is 25.1 Å². The fraction of sp³-hybridized carbons (Fsp3) is 0.667. The smallest absolute Gasteiger partial charge is 0.454 e. The van der Waals surface area contributed by atoms with E-state index in [1.165, 1.54) is 0 Å². The molecule has 0 N–H and O–H groups in total. The number of carboxylic acid groups (broad SMARTS) is 1. The number of alkyl halides is 4. The van der Waals surface area contributed by atoms with Crippen molar-refractivity contribution in [1.82, 2.24) is 0 Å². The second-order valence-corrected chi connectivity index (χ2v) is 1.58. The summed E-state index contributed by atoms with van der Waals surface area (Å²) in [5.74, 6) is -7.68. The maximum absolute atomic E-state index is 12.1. The second kappa shape index (κ2) is 7.12. The molecule has 0 aliphatic heterocycles. The molecule has 0 bridgehead atoms. The van der Waals surface area contributed by atoms with Crippen molar-refractivity contribution in [2.75, 3.05) is 7.11 Å². The zero-order valence-corrected chi connectivity index (χ0v) is 10.6. The maximum atomic E-state index is 12.1. The zero-order chi connectivity index (χ0) is 11.3. The molecule has 0 aromatic carbocycles. The van der Waals surface area contributed by atoms with Crippen LogP contribution >= 0.6 is 0 Å². The van der Waals surface area contributed by atoms with Crippen molar-refractivity contribution in [3.63, 3.8) is 0 Å². The molecule has 81 valence electrons. The summed E-state index contributed by atoms with van der Waals surface area (Å²) in [6.07, 6.45) is -5.62. The number of rotatable bonds is 2. The third-order valence-electron chi connectivity index (χ3n) is 0.908. The third kappa shape index (κ3) is 4.33. The molecule has 0 spiro atoms. The van der Waals surface area contributed by atoms with E-state index in [4.69, 9.17) is 0 Å². The van der Waals surface area contributed by atoms with E-state index in [1.807, 2.05) is 0 Å². The molecule has 0 saturated carbocycles. The second-order valence-electron chi connectivity index (χ2n) is 1.58. The van der Waals surface area contributed by atoms with Crippen molar-refractivity contribution in [3.05, 3.63) is 6.92 Å². The Labute approximate surface area is 91.2 Å². The van der Waals surface area contributed by atoms with Gasteiger partial charge in [0.05, 0.1) is 0 Å². The summed E-state index contributed by atoms with van der Waals surface area (Å²) in [5, 5.41) is 9.57. The van der Waals surface area contributed by atoms with Crippen molar-refractivity contribution in [2.24, 2.45) is 0 Å². The molecule has 0 rings (SSSR count). The average Bonchev–Trinajstić information content (AvgIpc) is 2.04. The minimum atomic E-state index is -5.62. The first kappa shape index (κ1) is 19.4. The van der Waals surface area contributed by atoms with Crippen molar-refractivity contribution < 1.29 is 51.7 Å². The van der Waals surface area contributed by atoms with Crippen LogP contribution < -0.4 is 5.11 Å². The number of carbonyl (C=O) groups excluding carboxylic acids is 1. The molecule has 0 amide bonds. The van der Waals surface area contributed by atoms with Gasteiger partial charge in [-0.1, -0.05) is 13.8 Å². The van der Waals surface area contributed by atoms with Gasteiger partial charge in [0.25, 0.3) is 0 Å². The fourth-order valence-electron chi connectivity index (χ4n) is 0.315. The van der Waals surface area contributed by atoms with Crippen LogP contribution in [0.15, 0.2) is 0 Å². The normalized spacial score (nSPS) is 14.2. The number of carboxylic acids is 1. The van der Waals surface area contributed by atoms with Crippen LogP contribution in [0.3, 0.4) is 0 Å². The van der Waals surface area contributed by atoms with E-state index < -0.39 is 18.0 Å². The summed E-state index contributed by atoms with van der Waals surface area (Å²) in [6, 6.07) is 0. The van der Waals surface area contributed by atoms with Crippen molar-refractivity contribution >= 4 is 5.97 Å². The van der Waals surface area contributed by atoms with E-state index in [0.717, 1.165) is 0 Å². The van der Waals surface area contributed by atoms with E-state index in [-0.39, 0.29) is 26.6 Å². The van der Waals surface area contributed by atoms with Crippen molar-refractivity contribution in [1.29, 1.82) is 0 Å². The molecule has 0 aliphatic carbocycles. The first-order valence-electron chi connectivity index (χ1n) is 2.98. The van der Waals surface area contributed by atoms with Gasteiger partial charge in [0, 0.05) is 26.6 Å². The Morgan fingerprint density at radius 3 is 1.57 bits per heavy atom. The zero-order valence-electron chi connectivity index (χ0n) is 7.65. The number of aliphatic carboxylic acids is 1. The van der Waals surface area contributed by atoms with Gasteiger partial charge in [-0.2, -0.15) is 17.6 Å². The molecular formula is C6H8F4O3Zn-. The van der Waals surface area contributed by atoms with E-state index in [9.17, 15) is 27.5 Å². The first-order chi connectivity index (χ1) is 5.75. The van der Waals surface area contributed by atoms with Gasteiger partial charge >= 0.3 is 12.0 Å². The molecule has 1 radical (unpaired) electrons. The number of hydrogen-bond donors (Lipinski definition) is 0. The van der Waals surface area contributed by atoms with Gasteiger partial charge in [-0.3, -0.25) is 0 Å². The molecule has 0 aromatic rings. The Kier molecular flexibility index (Phi) is 9.84. The molecule has 0 fully saturated rings. The summed E-state index contributed by atoms with van der Waals surface area (Å²) in [5.41, 5.74) is 0. The number of methoxy groups -OCH3 is 1. The SMILES string of the molecule is COC(F)(C(=O)[O-])C(F)(F)F.[CH2]C.[Zn]. The molecule has 14 heavy (non-hydrogen) atoms. The van der Waals surface area contributed by atoms with Gasteiger partial charge < -0.3 is 14.6 Å². The molecule has 1 unspecified atom stereocenters. The van der Waals surface area contributed by atoms with Crippen LogP contribution in [0.25, 0.3) is 0 Å². The first-order valence-corrected chi connectivity index (χ1v) is 2.98. The quantitative estimate of drug-likeness (QED) is 0.540. The molecule has 0 aromatic heterocycles. The van der Waals surface area contributed by atoms with Crippen LogP contribution in [-0.2, 0) is 29.0 Å². The van der Waals surface area contributed by atoms with Crippen LogP contribution in [0.5, 0.6) is 0 Å². The molecule has 0 aliphatic rings. The Balaban J connectivity index is -0.000000376. The molecule has 8 heteroatoms. The van der Waals surface area contributed by atoms with Crippen molar-refractivity contribution in [2.45, 2.75) is 19.0 Å². The predicted octanol–water partition coefficient (Wildman–Crippen LogP) is 0.449. The van der Waals surface area contributed by atoms with Gasteiger partial charge in [-0.15, -0.1) is 0 Å². The fourth-order valence-corrected chi connectivity index (χ4v) is 0.315. The molecule has 3 nitrogen and oxygen atoms in total. The molecular weight excluding hydrogens is 261 g/mol. The van der Waals surface area contributed by atoms with E-state index >= 15 is 0 Å². The molecule has 0 heterocycles. The van der Waals surface area contributed by atoms with E-state index in [0.29, 0.717) is 0 Å². The van der Waals surface area contributed by atoms with Gasteiger partial charge in [0.2, 0.25) is 0 Å². The summed E-state index contributed by atoms with van der Waals surface area (Å²) in [4.78, 5) is 9.57. The Morgan fingerprint density at radius 1 is 1.29 bits per heavy atom.